The average molecular weight is 351 g/mol. The van der Waals surface area contributed by atoms with E-state index in [0.717, 1.165) is 11.4 Å². The van der Waals surface area contributed by atoms with Crippen molar-refractivity contribution in [2.75, 3.05) is 18.6 Å². The van der Waals surface area contributed by atoms with Gasteiger partial charge >= 0.3 is 0 Å². The van der Waals surface area contributed by atoms with E-state index in [0.29, 0.717) is 23.6 Å². The highest BCUT2D eigenvalue weighted by molar-refractivity contribution is 7.91. The summed E-state index contributed by atoms with van der Waals surface area (Å²) < 4.78 is 30.3. The summed E-state index contributed by atoms with van der Waals surface area (Å²) in [4.78, 5) is 14.4. The molecule has 3 rings (SSSR count). The van der Waals surface area contributed by atoms with Gasteiger partial charge in [-0.25, -0.2) is 8.42 Å². The van der Waals surface area contributed by atoms with E-state index >= 15 is 0 Å². The fraction of sp³-hybridized carbons (Fsp3) is 0.500. The molecule has 0 unspecified atom stereocenters. The zero-order valence-electron chi connectivity index (χ0n) is 14.2. The van der Waals surface area contributed by atoms with Crippen molar-refractivity contribution in [3.8, 4) is 5.82 Å². The second-order valence-corrected chi connectivity index (χ2v) is 8.62. The molecule has 2 aromatic rings. The van der Waals surface area contributed by atoms with Gasteiger partial charge < -0.3 is 9.42 Å². The van der Waals surface area contributed by atoms with E-state index in [-0.39, 0.29) is 23.5 Å². The first-order valence-electron chi connectivity index (χ1n) is 7.80. The van der Waals surface area contributed by atoms with Gasteiger partial charge in [-0.15, -0.1) is 0 Å². The molecule has 8 heteroatoms. The molecule has 0 bridgehead atoms. The Balaban J connectivity index is 1.91. The van der Waals surface area contributed by atoms with Crippen LogP contribution in [0, 0.1) is 20.8 Å². The molecule has 7 nitrogen and oxygen atoms in total. The molecular formula is C16H21N3O4S. The SMILES string of the molecule is Cc1cc(-n2c(C)cc(C(=O)N(C)[C@H]3CCS(=O)(=O)C3)c2C)no1. The molecule has 0 radical (unpaired) electrons. The van der Waals surface area contributed by atoms with Crippen LogP contribution in [0.3, 0.4) is 0 Å². The van der Waals surface area contributed by atoms with Gasteiger partial charge in [0.25, 0.3) is 5.91 Å². The number of hydrogen-bond donors (Lipinski definition) is 0. The van der Waals surface area contributed by atoms with Crippen molar-refractivity contribution in [1.82, 2.24) is 14.6 Å². The van der Waals surface area contributed by atoms with Crippen LogP contribution in [0.15, 0.2) is 16.7 Å². The minimum atomic E-state index is -3.03. The molecule has 1 saturated heterocycles. The normalized spacial score (nSPS) is 19.6. The molecule has 1 atom stereocenters. The van der Waals surface area contributed by atoms with Crippen molar-refractivity contribution in [3.05, 3.63) is 34.8 Å². The first-order valence-corrected chi connectivity index (χ1v) is 9.62. The van der Waals surface area contributed by atoms with Gasteiger partial charge in [0.05, 0.1) is 17.1 Å². The predicted octanol–water partition coefficient (Wildman–Crippen LogP) is 1.65. The van der Waals surface area contributed by atoms with Crippen LogP contribution in [0.5, 0.6) is 0 Å². The molecule has 0 spiro atoms. The number of carbonyl (C=O) groups excluding carboxylic acids is 1. The fourth-order valence-electron chi connectivity index (χ4n) is 3.23. The first-order chi connectivity index (χ1) is 11.2. The van der Waals surface area contributed by atoms with Gasteiger partial charge in [-0.1, -0.05) is 5.16 Å². The molecule has 1 fully saturated rings. The van der Waals surface area contributed by atoms with Crippen molar-refractivity contribution >= 4 is 15.7 Å². The summed E-state index contributed by atoms with van der Waals surface area (Å²) in [5, 5.41) is 4.01. The van der Waals surface area contributed by atoms with Crippen LogP contribution in [0.2, 0.25) is 0 Å². The monoisotopic (exact) mass is 351 g/mol. The van der Waals surface area contributed by atoms with Gasteiger partial charge in [-0.3, -0.25) is 9.36 Å². The maximum absolute atomic E-state index is 12.8. The number of amides is 1. The summed E-state index contributed by atoms with van der Waals surface area (Å²) in [5.74, 6) is 1.34. The third-order valence-corrected chi connectivity index (χ3v) is 6.33. The highest BCUT2D eigenvalue weighted by atomic mass is 32.2. The van der Waals surface area contributed by atoms with Crippen LogP contribution in [-0.2, 0) is 9.84 Å². The van der Waals surface area contributed by atoms with Crippen LogP contribution in [0.4, 0.5) is 0 Å². The van der Waals surface area contributed by atoms with Crippen molar-refractivity contribution < 1.29 is 17.7 Å². The smallest absolute Gasteiger partial charge is 0.255 e. The Bertz CT molecular complexity index is 895. The highest BCUT2D eigenvalue weighted by Gasteiger charge is 2.34. The Morgan fingerprint density at radius 3 is 2.58 bits per heavy atom. The molecular weight excluding hydrogens is 330 g/mol. The molecule has 0 saturated carbocycles. The van der Waals surface area contributed by atoms with Crippen LogP contribution >= 0.6 is 0 Å². The number of aryl methyl sites for hydroxylation is 2. The number of aromatic nitrogens is 2. The van der Waals surface area contributed by atoms with E-state index in [4.69, 9.17) is 4.52 Å². The largest absolute Gasteiger partial charge is 0.360 e. The third kappa shape index (κ3) is 2.86. The Labute approximate surface area is 141 Å². The minimum absolute atomic E-state index is 0.0382. The highest BCUT2D eigenvalue weighted by Crippen LogP contribution is 2.24. The molecule has 24 heavy (non-hydrogen) atoms. The molecule has 1 amide bonds. The van der Waals surface area contributed by atoms with Gasteiger partial charge in [-0.05, 0) is 33.3 Å². The Kier molecular flexibility index (Phi) is 4.03. The van der Waals surface area contributed by atoms with Gasteiger partial charge in [0.1, 0.15) is 5.76 Å². The van der Waals surface area contributed by atoms with Crippen molar-refractivity contribution in [2.45, 2.75) is 33.2 Å². The number of carbonyl (C=O) groups is 1. The number of hydrogen-bond acceptors (Lipinski definition) is 5. The van der Waals surface area contributed by atoms with Crippen molar-refractivity contribution in [1.29, 1.82) is 0 Å². The lowest BCUT2D eigenvalue weighted by molar-refractivity contribution is 0.0747. The van der Waals surface area contributed by atoms with Gasteiger partial charge in [0.2, 0.25) is 0 Å². The summed E-state index contributed by atoms with van der Waals surface area (Å²) in [6.45, 7) is 5.56. The number of rotatable bonds is 3. The van der Waals surface area contributed by atoms with E-state index < -0.39 is 9.84 Å². The van der Waals surface area contributed by atoms with Crippen LogP contribution in [-0.4, -0.2) is 53.5 Å². The van der Waals surface area contributed by atoms with E-state index in [1.54, 1.807) is 11.9 Å². The number of sulfone groups is 1. The average Bonchev–Trinajstić information content (AvgIpc) is 3.16. The number of nitrogens with zero attached hydrogens (tertiary/aromatic N) is 3. The lowest BCUT2D eigenvalue weighted by Gasteiger charge is -2.23. The summed E-state index contributed by atoms with van der Waals surface area (Å²) in [6.07, 6.45) is 0.492. The maximum Gasteiger partial charge on any atom is 0.255 e. The third-order valence-electron chi connectivity index (χ3n) is 4.58. The Morgan fingerprint density at radius 2 is 2.04 bits per heavy atom. The van der Waals surface area contributed by atoms with E-state index in [2.05, 4.69) is 5.16 Å². The minimum Gasteiger partial charge on any atom is -0.360 e. The molecule has 0 N–H and O–H groups in total. The molecule has 0 aliphatic carbocycles. The molecule has 2 aromatic heterocycles. The van der Waals surface area contributed by atoms with Crippen molar-refractivity contribution in [3.63, 3.8) is 0 Å². The Morgan fingerprint density at radius 1 is 1.33 bits per heavy atom. The van der Waals surface area contributed by atoms with E-state index in [1.807, 2.05) is 37.5 Å². The van der Waals surface area contributed by atoms with E-state index in [9.17, 15) is 13.2 Å². The standard InChI is InChI=1S/C16H21N3O4S/c1-10-7-14(12(3)19(10)15-8-11(2)23-17-15)16(20)18(4)13-5-6-24(21,22)9-13/h7-8,13H,5-6,9H2,1-4H3/t13-/m0/s1. The molecule has 1 aliphatic rings. The topological polar surface area (TPSA) is 85.4 Å². The molecule has 130 valence electrons. The molecule has 1 aliphatic heterocycles. The quantitative estimate of drug-likeness (QED) is 0.839. The van der Waals surface area contributed by atoms with Crippen LogP contribution in [0.25, 0.3) is 5.82 Å². The summed E-state index contributed by atoms with van der Waals surface area (Å²) in [5.41, 5.74) is 2.19. The second-order valence-electron chi connectivity index (χ2n) is 6.39. The fourth-order valence-corrected chi connectivity index (χ4v) is 5.00. The first kappa shape index (κ1) is 16.8. The zero-order valence-corrected chi connectivity index (χ0v) is 15.1. The zero-order chi connectivity index (χ0) is 17.6. The molecule has 0 aromatic carbocycles. The van der Waals surface area contributed by atoms with E-state index in [1.165, 1.54) is 0 Å². The van der Waals surface area contributed by atoms with Gasteiger partial charge in [-0.2, -0.15) is 0 Å². The predicted molar refractivity (Wildman–Crippen MR) is 89.2 cm³/mol. The van der Waals surface area contributed by atoms with Gasteiger partial charge in [0, 0.05) is 30.5 Å². The summed E-state index contributed by atoms with van der Waals surface area (Å²) in [7, 11) is -1.36. The van der Waals surface area contributed by atoms with Crippen molar-refractivity contribution in [2.24, 2.45) is 0 Å². The summed E-state index contributed by atoms with van der Waals surface area (Å²) >= 11 is 0. The summed E-state index contributed by atoms with van der Waals surface area (Å²) in [6, 6.07) is 3.35. The second kappa shape index (κ2) is 5.77. The van der Waals surface area contributed by atoms with Crippen LogP contribution < -0.4 is 0 Å². The Hall–Kier alpha value is -2.09. The van der Waals surface area contributed by atoms with Crippen LogP contribution in [0.1, 0.15) is 33.9 Å². The maximum atomic E-state index is 12.8. The lowest BCUT2D eigenvalue weighted by Crippen LogP contribution is -2.38. The lowest BCUT2D eigenvalue weighted by atomic mass is 10.1. The van der Waals surface area contributed by atoms with Gasteiger partial charge in [0.15, 0.2) is 15.7 Å². The molecule has 3 heterocycles.